The summed E-state index contributed by atoms with van der Waals surface area (Å²) >= 11 is 0. The summed E-state index contributed by atoms with van der Waals surface area (Å²) in [6.45, 7) is 8.12. The quantitative estimate of drug-likeness (QED) is 0.896. The molecule has 0 radical (unpaired) electrons. The molecule has 2 unspecified atom stereocenters. The van der Waals surface area contributed by atoms with Crippen LogP contribution >= 0.6 is 0 Å². The van der Waals surface area contributed by atoms with E-state index in [1.807, 2.05) is 0 Å². The summed E-state index contributed by atoms with van der Waals surface area (Å²) in [6.07, 6.45) is 6.76. The van der Waals surface area contributed by atoms with Crippen LogP contribution in [0.1, 0.15) is 38.2 Å². The van der Waals surface area contributed by atoms with Gasteiger partial charge in [0.05, 0.1) is 5.69 Å². The van der Waals surface area contributed by atoms with Gasteiger partial charge in [-0.05, 0) is 45.6 Å². The first-order valence-electron chi connectivity index (χ1n) is 7.66. The molecule has 3 rings (SSSR count). The van der Waals surface area contributed by atoms with Crippen molar-refractivity contribution in [2.75, 3.05) is 13.1 Å². The average Bonchev–Trinajstić information content (AvgIpc) is 2.95. The van der Waals surface area contributed by atoms with Crippen molar-refractivity contribution in [3.8, 4) is 0 Å². The van der Waals surface area contributed by atoms with Gasteiger partial charge in [-0.1, -0.05) is 0 Å². The molecule has 2 atom stereocenters. The predicted molar refractivity (Wildman–Crippen MR) is 77.0 cm³/mol. The molecule has 4 nitrogen and oxygen atoms in total. The third kappa shape index (κ3) is 2.84. The van der Waals surface area contributed by atoms with Crippen LogP contribution in [0.4, 0.5) is 0 Å². The smallest absolute Gasteiger partial charge is 0.110 e. The molecule has 2 aliphatic rings. The van der Waals surface area contributed by atoms with Crippen LogP contribution in [-0.2, 0) is 19.4 Å². The van der Waals surface area contributed by atoms with Gasteiger partial charge in [0.25, 0.3) is 0 Å². The number of fused-ring (bicyclic) bond motifs is 1. The molecular weight excluding hydrogens is 236 g/mol. The lowest BCUT2D eigenvalue weighted by molar-refractivity contribution is 0.265. The SMILES string of the molecule is CC(C)N1CCC(Cc2cn3c(n2)CC(N)CC3)C1. The minimum absolute atomic E-state index is 0.311. The number of aromatic nitrogens is 2. The maximum absolute atomic E-state index is 6.01. The largest absolute Gasteiger partial charge is 0.335 e. The van der Waals surface area contributed by atoms with E-state index in [0.29, 0.717) is 12.1 Å². The van der Waals surface area contributed by atoms with Crippen molar-refractivity contribution in [1.82, 2.24) is 14.5 Å². The Kier molecular flexibility index (Phi) is 3.63. The molecule has 1 saturated heterocycles. The Morgan fingerprint density at radius 3 is 2.95 bits per heavy atom. The van der Waals surface area contributed by atoms with Crippen LogP contribution < -0.4 is 5.73 Å². The molecule has 0 spiro atoms. The number of aryl methyl sites for hydroxylation is 1. The topological polar surface area (TPSA) is 47.1 Å². The lowest BCUT2D eigenvalue weighted by Crippen LogP contribution is -2.30. The number of nitrogens with zero attached hydrogens (tertiary/aromatic N) is 3. The maximum atomic E-state index is 6.01. The second kappa shape index (κ2) is 5.25. The highest BCUT2D eigenvalue weighted by Crippen LogP contribution is 2.23. The summed E-state index contributed by atoms with van der Waals surface area (Å²) < 4.78 is 2.31. The number of rotatable bonds is 3. The van der Waals surface area contributed by atoms with E-state index < -0.39 is 0 Å². The molecule has 2 N–H and O–H groups in total. The van der Waals surface area contributed by atoms with Gasteiger partial charge in [0.15, 0.2) is 0 Å². The Balaban J connectivity index is 1.62. The van der Waals surface area contributed by atoms with E-state index in [0.717, 1.165) is 31.7 Å². The van der Waals surface area contributed by atoms with E-state index in [4.69, 9.17) is 10.7 Å². The Hall–Kier alpha value is -0.870. The second-order valence-electron chi connectivity index (χ2n) is 6.54. The fourth-order valence-electron chi connectivity index (χ4n) is 3.40. The van der Waals surface area contributed by atoms with Crippen LogP contribution in [0, 0.1) is 5.92 Å². The van der Waals surface area contributed by atoms with Crippen LogP contribution in [-0.4, -0.2) is 39.6 Å². The van der Waals surface area contributed by atoms with Gasteiger partial charge in [-0.3, -0.25) is 0 Å². The summed E-state index contributed by atoms with van der Waals surface area (Å²) in [6, 6.07) is 0.990. The molecule has 19 heavy (non-hydrogen) atoms. The van der Waals surface area contributed by atoms with Crippen LogP contribution in [0.15, 0.2) is 6.20 Å². The van der Waals surface area contributed by atoms with E-state index in [-0.39, 0.29) is 0 Å². The maximum Gasteiger partial charge on any atom is 0.110 e. The predicted octanol–water partition coefficient (Wildman–Crippen LogP) is 1.43. The molecular formula is C15H26N4. The molecule has 0 aromatic carbocycles. The zero-order valence-corrected chi connectivity index (χ0v) is 12.2. The van der Waals surface area contributed by atoms with Crippen molar-refractivity contribution in [1.29, 1.82) is 0 Å². The molecule has 4 heteroatoms. The average molecular weight is 262 g/mol. The monoisotopic (exact) mass is 262 g/mol. The van der Waals surface area contributed by atoms with Crippen molar-refractivity contribution in [2.24, 2.45) is 11.7 Å². The van der Waals surface area contributed by atoms with Crippen molar-refractivity contribution >= 4 is 0 Å². The third-order valence-electron chi connectivity index (χ3n) is 4.64. The van der Waals surface area contributed by atoms with E-state index in [9.17, 15) is 0 Å². The van der Waals surface area contributed by atoms with E-state index in [1.165, 1.54) is 31.0 Å². The summed E-state index contributed by atoms with van der Waals surface area (Å²) in [5.41, 5.74) is 7.29. The highest BCUT2D eigenvalue weighted by Gasteiger charge is 2.26. The minimum Gasteiger partial charge on any atom is -0.335 e. The van der Waals surface area contributed by atoms with Gasteiger partial charge < -0.3 is 15.2 Å². The van der Waals surface area contributed by atoms with E-state index in [2.05, 4.69) is 29.5 Å². The summed E-state index contributed by atoms with van der Waals surface area (Å²) in [5.74, 6) is 1.99. The minimum atomic E-state index is 0.311. The van der Waals surface area contributed by atoms with E-state index in [1.54, 1.807) is 0 Å². The molecule has 0 saturated carbocycles. The molecule has 0 aliphatic carbocycles. The number of imidazole rings is 1. The first-order valence-corrected chi connectivity index (χ1v) is 7.66. The molecule has 1 aromatic heterocycles. The summed E-state index contributed by atoms with van der Waals surface area (Å²) in [4.78, 5) is 7.38. The molecule has 1 fully saturated rings. The fraction of sp³-hybridized carbons (Fsp3) is 0.800. The van der Waals surface area contributed by atoms with E-state index >= 15 is 0 Å². The Morgan fingerprint density at radius 2 is 2.21 bits per heavy atom. The summed E-state index contributed by atoms with van der Waals surface area (Å²) in [5, 5.41) is 0. The zero-order valence-electron chi connectivity index (χ0n) is 12.2. The van der Waals surface area contributed by atoms with Crippen LogP contribution in [0.25, 0.3) is 0 Å². The fourth-order valence-corrected chi connectivity index (χ4v) is 3.40. The van der Waals surface area contributed by atoms with Gasteiger partial charge in [0.1, 0.15) is 5.82 Å². The van der Waals surface area contributed by atoms with Gasteiger partial charge in [-0.2, -0.15) is 0 Å². The molecule has 106 valence electrons. The highest BCUT2D eigenvalue weighted by molar-refractivity contribution is 5.09. The van der Waals surface area contributed by atoms with Crippen molar-refractivity contribution in [3.63, 3.8) is 0 Å². The van der Waals surface area contributed by atoms with Crippen LogP contribution in [0.5, 0.6) is 0 Å². The molecule has 2 aliphatic heterocycles. The number of likely N-dealkylation sites (tertiary alicyclic amines) is 1. The van der Waals surface area contributed by atoms with Crippen molar-refractivity contribution in [2.45, 2.75) is 58.2 Å². The zero-order chi connectivity index (χ0) is 13.4. The van der Waals surface area contributed by atoms with Crippen LogP contribution in [0.2, 0.25) is 0 Å². The molecule has 0 bridgehead atoms. The number of nitrogens with two attached hydrogens (primary N) is 1. The van der Waals surface area contributed by atoms with Gasteiger partial charge in [0, 0.05) is 37.8 Å². The van der Waals surface area contributed by atoms with Crippen LogP contribution in [0.3, 0.4) is 0 Å². The normalized spacial score (nSPS) is 28.0. The van der Waals surface area contributed by atoms with Gasteiger partial charge >= 0.3 is 0 Å². The van der Waals surface area contributed by atoms with Crippen molar-refractivity contribution in [3.05, 3.63) is 17.7 Å². The number of hydrogen-bond donors (Lipinski definition) is 1. The number of hydrogen-bond acceptors (Lipinski definition) is 3. The Bertz CT molecular complexity index is 437. The lowest BCUT2D eigenvalue weighted by atomic mass is 10.0. The standard InChI is InChI=1S/C15H26N4/c1-11(2)18-5-3-12(9-18)7-14-10-19-6-4-13(16)8-15(19)17-14/h10-13H,3-9,16H2,1-2H3. The Morgan fingerprint density at radius 1 is 1.37 bits per heavy atom. The first-order chi connectivity index (χ1) is 9.11. The lowest BCUT2D eigenvalue weighted by Gasteiger charge is -2.19. The molecule has 3 heterocycles. The van der Waals surface area contributed by atoms with Crippen molar-refractivity contribution < 1.29 is 0 Å². The van der Waals surface area contributed by atoms with Gasteiger partial charge in [-0.15, -0.1) is 0 Å². The molecule has 1 aromatic rings. The third-order valence-corrected chi connectivity index (χ3v) is 4.64. The molecule has 0 amide bonds. The Labute approximate surface area is 116 Å². The summed E-state index contributed by atoms with van der Waals surface area (Å²) in [7, 11) is 0. The first kappa shape index (κ1) is 13.1. The van der Waals surface area contributed by atoms with Gasteiger partial charge in [-0.25, -0.2) is 4.98 Å². The second-order valence-corrected chi connectivity index (χ2v) is 6.54. The highest BCUT2D eigenvalue weighted by atomic mass is 15.2. The van der Waals surface area contributed by atoms with Gasteiger partial charge in [0.2, 0.25) is 0 Å².